The maximum absolute atomic E-state index is 12.8. The van der Waals surface area contributed by atoms with E-state index in [2.05, 4.69) is 34.0 Å². The number of hydrogen-bond donors (Lipinski definition) is 2. The van der Waals surface area contributed by atoms with Gasteiger partial charge in [-0.25, -0.2) is 9.59 Å². The second-order valence-corrected chi connectivity index (χ2v) is 9.34. The first-order valence-electron chi connectivity index (χ1n) is 11.4. The van der Waals surface area contributed by atoms with E-state index >= 15 is 0 Å². The third-order valence-electron chi connectivity index (χ3n) is 6.31. The number of nitrogens with one attached hydrogen (secondary N) is 1. The molecule has 0 saturated carbocycles. The Bertz CT molecular complexity index is 1230. The van der Waals surface area contributed by atoms with E-state index in [0.717, 1.165) is 33.8 Å². The van der Waals surface area contributed by atoms with Crippen LogP contribution in [0, 0.1) is 12.8 Å². The maximum atomic E-state index is 12.8. The smallest absolute Gasteiger partial charge is 0.407 e. The van der Waals surface area contributed by atoms with Crippen molar-refractivity contribution in [2.75, 3.05) is 25.1 Å². The Balaban J connectivity index is 1.28. The van der Waals surface area contributed by atoms with E-state index in [9.17, 15) is 19.5 Å². The Hall–Kier alpha value is -3.72. The largest absolute Gasteiger partial charge is 0.478 e. The summed E-state index contributed by atoms with van der Waals surface area (Å²) in [5, 5.41) is 12.4. The zero-order valence-corrected chi connectivity index (χ0v) is 20.6. The maximum Gasteiger partial charge on any atom is 0.407 e. The van der Waals surface area contributed by atoms with Gasteiger partial charge < -0.3 is 20.1 Å². The highest BCUT2D eigenvalue weighted by molar-refractivity contribution is 7.11. The minimum absolute atomic E-state index is 0.0198. The molecule has 1 aromatic heterocycles. The lowest BCUT2D eigenvalue weighted by atomic mass is 9.98. The van der Waals surface area contributed by atoms with Gasteiger partial charge in [0.05, 0.1) is 5.69 Å². The van der Waals surface area contributed by atoms with Crippen molar-refractivity contribution >= 4 is 34.5 Å². The Labute approximate surface area is 207 Å². The number of carbonyl (C=O) groups excluding carboxylic acids is 2. The van der Waals surface area contributed by atoms with Crippen LogP contribution in [0.4, 0.5) is 9.80 Å². The van der Waals surface area contributed by atoms with Gasteiger partial charge >= 0.3 is 12.1 Å². The number of alkyl carbamates (subject to hydrolysis) is 1. The first-order chi connectivity index (χ1) is 16.8. The second-order valence-electron chi connectivity index (χ2n) is 8.59. The van der Waals surface area contributed by atoms with Crippen LogP contribution in [-0.4, -0.2) is 47.6 Å². The SMILES string of the molecule is Cc1nsc(N(C)C(=O)C(C)CCNC(=O)OCC2c3ccccc3-c3ccccc32)c1C(=O)O. The fourth-order valence-electron chi connectivity index (χ4n) is 4.43. The van der Waals surface area contributed by atoms with E-state index in [1.807, 2.05) is 24.3 Å². The summed E-state index contributed by atoms with van der Waals surface area (Å²) in [6, 6.07) is 16.3. The van der Waals surface area contributed by atoms with Gasteiger partial charge in [-0.1, -0.05) is 55.5 Å². The molecule has 9 heteroatoms. The second kappa shape index (κ2) is 10.3. The van der Waals surface area contributed by atoms with Gasteiger partial charge in [-0.3, -0.25) is 4.79 Å². The number of hydrogen-bond acceptors (Lipinski definition) is 6. The number of rotatable bonds is 8. The number of aryl methyl sites for hydroxylation is 1. The van der Waals surface area contributed by atoms with Crippen LogP contribution in [0.5, 0.6) is 0 Å². The molecule has 1 aliphatic rings. The molecular weight excluding hydrogens is 466 g/mol. The summed E-state index contributed by atoms with van der Waals surface area (Å²) in [7, 11) is 1.54. The normalized spacial score (nSPS) is 13.0. The standard InChI is InChI=1S/C26H27N3O5S/c1-15(23(30)29(3)24-22(25(31)32)16(2)28-35-24)12-13-27-26(33)34-14-21-19-10-6-4-8-17(19)18-9-5-7-11-20(18)21/h4-11,15,21H,12-14H2,1-3H3,(H,27,33)(H,31,32). The number of nitrogens with zero attached hydrogens (tertiary/aromatic N) is 2. The summed E-state index contributed by atoms with van der Waals surface area (Å²) in [6.45, 7) is 3.82. The van der Waals surface area contributed by atoms with Crippen LogP contribution >= 0.6 is 11.5 Å². The van der Waals surface area contributed by atoms with E-state index in [4.69, 9.17) is 4.74 Å². The van der Waals surface area contributed by atoms with E-state index in [1.54, 1.807) is 13.8 Å². The molecule has 1 heterocycles. The minimum Gasteiger partial charge on any atom is -0.478 e. The van der Waals surface area contributed by atoms with Crippen LogP contribution in [0.1, 0.15) is 46.4 Å². The van der Waals surface area contributed by atoms with Gasteiger partial charge in [0, 0.05) is 25.4 Å². The third-order valence-corrected chi connectivity index (χ3v) is 7.32. The van der Waals surface area contributed by atoms with Crippen LogP contribution in [-0.2, 0) is 9.53 Å². The lowest BCUT2D eigenvalue weighted by Crippen LogP contribution is -2.34. The van der Waals surface area contributed by atoms with Crippen molar-refractivity contribution in [2.24, 2.45) is 5.92 Å². The van der Waals surface area contributed by atoms with Crippen molar-refractivity contribution in [3.63, 3.8) is 0 Å². The Morgan fingerprint density at radius 2 is 1.71 bits per heavy atom. The zero-order valence-electron chi connectivity index (χ0n) is 19.8. The number of anilines is 1. The van der Waals surface area contributed by atoms with Crippen LogP contribution in [0.25, 0.3) is 11.1 Å². The molecule has 3 aromatic rings. The summed E-state index contributed by atoms with van der Waals surface area (Å²) in [4.78, 5) is 38.0. The molecule has 2 aromatic carbocycles. The van der Waals surface area contributed by atoms with E-state index < -0.39 is 18.0 Å². The molecule has 4 rings (SSSR count). The average Bonchev–Trinajstić information content (AvgIpc) is 3.39. The van der Waals surface area contributed by atoms with Gasteiger partial charge in [0.15, 0.2) is 0 Å². The molecule has 8 nitrogen and oxygen atoms in total. The van der Waals surface area contributed by atoms with Gasteiger partial charge in [-0.2, -0.15) is 4.37 Å². The van der Waals surface area contributed by atoms with Gasteiger partial charge in [0.25, 0.3) is 0 Å². The molecule has 0 saturated heterocycles. The van der Waals surface area contributed by atoms with Crippen molar-refractivity contribution in [2.45, 2.75) is 26.2 Å². The van der Waals surface area contributed by atoms with Crippen molar-refractivity contribution in [1.29, 1.82) is 0 Å². The highest BCUT2D eigenvalue weighted by Crippen LogP contribution is 2.44. The van der Waals surface area contributed by atoms with Crippen molar-refractivity contribution in [1.82, 2.24) is 9.69 Å². The van der Waals surface area contributed by atoms with E-state index in [1.165, 1.54) is 11.9 Å². The summed E-state index contributed by atoms with van der Waals surface area (Å²) < 4.78 is 9.59. The molecule has 35 heavy (non-hydrogen) atoms. The molecule has 2 amide bonds. The van der Waals surface area contributed by atoms with Crippen LogP contribution in [0.15, 0.2) is 48.5 Å². The monoisotopic (exact) mass is 493 g/mol. The van der Waals surface area contributed by atoms with E-state index in [-0.39, 0.29) is 30.5 Å². The fraction of sp³-hybridized carbons (Fsp3) is 0.308. The summed E-state index contributed by atoms with van der Waals surface area (Å²) >= 11 is 0.981. The van der Waals surface area contributed by atoms with Crippen LogP contribution < -0.4 is 10.2 Å². The van der Waals surface area contributed by atoms with Gasteiger partial charge in [0.2, 0.25) is 5.91 Å². The topological polar surface area (TPSA) is 109 Å². The highest BCUT2D eigenvalue weighted by Gasteiger charge is 2.29. The Kier molecular flexibility index (Phi) is 7.16. The molecule has 182 valence electrons. The lowest BCUT2D eigenvalue weighted by Gasteiger charge is -2.20. The predicted molar refractivity (Wildman–Crippen MR) is 134 cm³/mol. The fourth-order valence-corrected chi connectivity index (χ4v) is 5.28. The average molecular weight is 494 g/mol. The molecule has 1 aliphatic carbocycles. The van der Waals surface area contributed by atoms with Crippen LogP contribution in [0.3, 0.4) is 0 Å². The van der Waals surface area contributed by atoms with Crippen molar-refractivity contribution in [3.8, 4) is 11.1 Å². The summed E-state index contributed by atoms with van der Waals surface area (Å²) in [6.07, 6.45) is -0.154. The molecule has 0 spiro atoms. The number of ether oxygens (including phenoxy) is 1. The van der Waals surface area contributed by atoms with E-state index in [0.29, 0.717) is 17.1 Å². The van der Waals surface area contributed by atoms with Crippen molar-refractivity contribution in [3.05, 3.63) is 70.9 Å². The highest BCUT2D eigenvalue weighted by atomic mass is 32.1. The molecule has 0 radical (unpaired) electrons. The number of fused-ring (bicyclic) bond motifs is 3. The molecule has 0 bridgehead atoms. The number of carboxylic acid groups (broad SMARTS) is 1. The first kappa shape index (κ1) is 24.4. The molecule has 1 unspecified atom stereocenters. The number of benzene rings is 2. The quantitative estimate of drug-likeness (QED) is 0.472. The Morgan fingerprint density at radius 3 is 2.31 bits per heavy atom. The zero-order chi connectivity index (χ0) is 25.1. The molecule has 1 atom stereocenters. The van der Waals surface area contributed by atoms with Crippen LogP contribution in [0.2, 0.25) is 0 Å². The lowest BCUT2D eigenvalue weighted by molar-refractivity contribution is -0.121. The number of carboxylic acids is 1. The number of aromatic nitrogens is 1. The third kappa shape index (κ3) is 4.90. The minimum atomic E-state index is -1.12. The van der Waals surface area contributed by atoms with Gasteiger partial charge in [-0.15, -0.1) is 0 Å². The Morgan fingerprint density at radius 1 is 1.11 bits per heavy atom. The summed E-state index contributed by atoms with van der Waals surface area (Å²) in [5.41, 5.74) is 5.02. The predicted octanol–water partition coefficient (Wildman–Crippen LogP) is 4.68. The van der Waals surface area contributed by atoms with Crippen molar-refractivity contribution < 1.29 is 24.2 Å². The summed E-state index contributed by atoms with van der Waals surface area (Å²) in [5.74, 6) is -1.81. The molecule has 0 aliphatic heterocycles. The number of carbonyl (C=O) groups is 3. The van der Waals surface area contributed by atoms with Gasteiger partial charge in [-0.05, 0) is 47.1 Å². The number of aromatic carboxylic acids is 1. The molecule has 0 fully saturated rings. The van der Waals surface area contributed by atoms with Gasteiger partial charge in [0.1, 0.15) is 17.2 Å². The molecular formula is C26H27N3O5S. The first-order valence-corrected chi connectivity index (χ1v) is 12.1. The molecule has 2 N–H and O–H groups in total. The number of amides is 2.